The number of allylic oxidation sites excluding steroid dienone is 1. The topological polar surface area (TPSA) is 127 Å². The third kappa shape index (κ3) is 4.95. The smallest absolute Gasteiger partial charge is 0.355 e. The molecule has 1 heterocycles. The van der Waals surface area contributed by atoms with E-state index in [2.05, 4.69) is 11.4 Å². The number of halogens is 1. The molecular formula is C25H25FN4O5. The lowest BCUT2D eigenvalue weighted by Crippen LogP contribution is -2.41. The molecular weight excluding hydrogens is 455 g/mol. The zero-order valence-corrected chi connectivity index (χ0v) is 19.5. The standard InChI is InChI=1S/C25H25FN4O5/c1-33-12-11-29-18-10-9-16(26)13-19(18)30-22(25(32)35-3)21(24(31)34-2)20(17(14-27)23(30)28)15-7-5-4-6-8-15/h4-10,13,20,29H,11-12,28H2,1-3H3. The van der Waals surface area contributed by atoms with E-state index in [1.54, 1.807) is 30.3 Å². The van der Waals surface area contributed by atoms with Gasteiger partial charge in [0.05, 0.1) is 55.3 Å². The maximum Gasteiger partial charge on any atom is 0.355 e. The molecule has 9 nitrogen and oxygen atoms in total. The second-order valence-electron chi connectivity index (χ2n) is 7.42. The van der Waals surface area contributed by atoms with Crippen LogP contribution in [0.25, 0.3) is 0 Å². The van der Waals surface area contributed by atoms with Crippen molar-refractivity contribution in [3.63, 3.8) is 0 Å². The van der Waals surface area contributed by atoms with Gasteiger partial charge in [0.2, 0.25) is 0 Å². The van der Waals surface area contributed by atoms with Gasteiger partial charge in [0.1, 0.15) is 17.3 Å². The van der Waals surface area contributed by atoms with Gasteiger partial charge >= 0.3 is 11.9 Å². The molecule has 1 aliphatic rings. The Morgan fingerprint density at radius 2 is 1.80 bits per heavy atom. The monoisotopic (exact) mass is 480 g/mol. The van der Waals surface area contributed by atoms with Crippen molar-refractivity contribution in [3.8, 4) is 6.07 Å². The van der Waals surface area contributed by atoms with E-state index in [0.29, 0.717) is 24.4 Å². The van der Waals surface area contributed by atoms with Gasteiger partial charge in [-0.05, 0) is 17.7 Å². The number of anilines is 2. The Hall–Kier alpha value is -4.36. The Morgan fingerprint density at radius 3 is 2.40 bits per heavy atom. The average Bonchev–Trinajstić information content (AvgIpc) is 2.88. The number of nitrogens with one attached hydrogen (secondary N) is 1. The van der Waals surface area contributed by atoms with E-state index < -0.39 is 23.7 Å². The summed E-state index contributed by atoms with van der Waals surface area (Å²) in [7, 11) is 3.83. The van der Waals surface area contributed by atoms with Gasteiger partial charge in [-0.3, -0.25) is 4.90 Å². The number of esters is 2. The highest BCUT2D eigenvalue weighted by atomic mass is 19.1. The Kier molecular flexibility index (Phi) is 8.07. The Morgan fingerprint density at radius 1 is 1.11 bits per heavy atom. The first-order valence-corrected chi connectivity index (χ1v) is 10.6. The number of hydrogen-bond acceptors (Lipinski definition) is 9. The van der Waals surface area contributed by atoms with Crippen molar-refractivity contribution in [2.24, 2.45) is 5.73 Å². The molecule has 0 fully saturated rings. The second-order valence-corrected chi connectivity index (χ2v) is 7.42. The molecule has 35 heavy (non-hydrogen) atoms. The highest BCUT2D eigenvalue weighted by Gasteiger charge is 2.43. The van der Waals surface area contributed by atoms with Crippen LogP contribution in [0.15, 0.2) is 71.2 Å². The summed E-state index contributed by atoms with van der Waals surface area (Å²) in [6.45, 7) is 0.695. The molecule has 2 aromatic carbocycles. The van der Waals surface area contributed by atoms with Gasteiger partial charge in [-0.2, -0.15) is 5.26 Å². The van der Waals surface area contributed by atoms with Crippen LogP contribution >= 0.6 is 0 Å². The summed E-state index contributed by atoms with van der Waals surface area (Å²) in [5.74, 6) is -3.59. The zero-order chi connectivity index (χ0) is 25.5. The summed E-state index contributed by atoms with van der Waals surface area (Å²) in [5.41, 5.74) is 7.01. The van der Waals surface area contributed by atoms with Crippen LogP contribution < -0.4 is 16.0 Å². The minimum atomic E-state index is -1.02. The molecule has 1 aliphatic heterocycles. The predicted octanol–water partition coefficient (Wildman–Crippen LogP) is 2.78. The van der Waals surface area contributed by atoms with Crippen molar-refractivity contribution in [2.75, 3.05) is 44.7 Å². The molecule has 1 unspecified atom stereocenters. The predicted molar refractivity (Wildman–Crippen MR) is 126 cm³/mol. The van der Waals surface area contributed by atoms with Gasteiger partial charge in [-0.15, -0.1) is 0 Å². The Balaban J connectivity index is 2.38. The van der Waals surface area contributed by atoms with Crippen molar-refractivity contribution < 1.29 is 28.2 Å². The molecule has 182 valence electrons. The maximum absolute atomic E-state index is 14.4. The van der Waals surface area contributed by atoms with Crippen LogP contribution in [0.3, 0.4) is 0 Å². The lowest BCUT2D eigenvalue weighted by molar-refractivity contribution is -0.139. The largest absolute Gasteiger partial charge is 0.466 e. The van der Waals surface area contributed by atoms with E-state index in [1.807, 2.05) is 0 Å². The summed E-state index contributed by atoms with van der Waals surface area (Å²) in [5, 5.41) is 13.2. The number of methoxy groups -OCH3 is 3. The Bertz CT molecular complexity index is 1220. The van der Waals surface area contributed by atoms with Crippen LogP contribution in [0.2, 0.25) is 0 Å². The van der Waals surface area contributed by atoms with Gasteiger partial charge < -0.3 is 25.3 Å². The number of nitrogens with zero attached hydrogens (tertiary/aromatic N) is 2. The van der Waals surface area contributed by atoms with Crippen LogP contribution in [0.5, 0.6) is 0 Å². The molecule has 3 rings (SSSR count). The van der Waals surface area contributed by atoms with E-state index in [1.165, 1.54) is 19.2 Å². The lowest BCUT2D eigenvalue weighted by Gasteiger charge is -2.36. The van der Waals surface area contributed by atoms with Crippen LogP contribution in [0, 0.1) is 17.1 Å². The van der Waals surface area contributed by atoms with Gasteiger partial charge in [0.25, 0.3) is 0 Å². The maximum atomic E-state index is 14.4. The average molecular weight is 480 g/mol. The van der Waals surface area contributed by atoms with Gasteiger partial charge in [0, 0.05) is 19.7 Å². The van der Waals surface area contributed by atoms with Gasteiger partial charge in [-0.25, -0.2) is 14.0 Å². The molecule has 0 saturated carbocycles. The summed E-state index contributed by atoms with van der Waals surface area (Å²) in [6.07, 6.45) is 0. The summed E-state index contributed by atoms with van der Waals surface area (Å²) in [4.78, 5) is 27.4. The zero-order valence-electron chi connectivity index (χ0n) is 19.5. The highest BCUT2D eigenvalue weighted by Crippen LogP contribution is 2.44. The molecule has 0 saturated heterocycles. The fourth-order valence-electron chi connectivity index (χ4n) is 3.89. The molecule has 10 heteroatoms. The second kappa shape index (κ2) is 11.2. The highest BCUT2D eigenvalue weighted by molar-refractivity contribution is 6.07. The quantitative estimate of drug-likeness (QED) is 0.433. The number of rotatable bonds is 8. The molecule has 3 N–H and O–H groups in total. The lowest BCUT2D eigenvalue weighted by atomic mass is 9.81. The van der Waals surface area contributed by atoms with Crippen LogP contribution in [-0.2, 0) is 23.8 Å². The summed E-state index contributed by atoms with van der Waals surface area (Å²) in [6, 6.07) is 14.5. The van der Waals surface area contributed by atoms with E-state index in [0.717, 1.165) is 25.2 Å². The number of carbonyl (C=O) groups is 2. The van der Waals surface area contributed by atoms with Gasteiger partial charge in [0.15, 0.2) is 0 Å². The molecule has 0 aromatic heterocycles. The van der Waals surface area contributed by atoms with Crippen molar-refractivity contribution >= 4 is 23.3 Å². The van der Waals surface area contributed by atoms with Crippen LogP contribution in [0.4, 0.5) is 15.8 Å². The number of hydrogen-bond donors (Lipinski definition) is 2. The van der Waals surface area contributed by atoms with E-state index in [-0.39, 0.29) is 28.4 Å². The fraction of sp³-hybridized carbons (Fsp3) is 0.240. The number of benzene rings is 2. The minimum absolute atomic E-state index is 0.0173. The molecule has 0 radical (unpaired) electrons. The molecule has 0 amide bonds. The first-order chi connectivity index (χ1) is 16.9. The summed E-state index contributed by atoms with van der Waals surface area (Å²) >= 11 is 0. The third-order valence-corrected chi connectivity index (χ3v) is 5.43. The van der Waals surface area contributed by atoms with E-state index in [4.69, 9.17) is 19.9 Å². The molecule has 0 spiro atoms. The first-order valence-electron chi connectivity index (χ1n) is 10.6. The third-order valence-electron chi connectivity index (χ3n) is 5.43. The Labute approximate surface area is 202 Å². The van der Waals surface area contributed by atoms with Crippen molar-refractivity contribution in [3.05, 3.63) is 82.6 Å². The van der Waals surface area contributed by atoms with Gasteiger partial charge in [-0.1, -0.05) is 30.3 Å². The number of carbonyl (C=O) groups excluding carboxylic acids is 2. The van der Waals surface area contributed by atoms with Crippen LogP contribution in [0.1, 0.15) is 11.5 Å². The van der Waals surface area contributed by atoms with Crippen molar-refractivity contribution in [1.29, 1.82) is 5.26 Å². The molecule has 2 aromatic rings. The van der Waals surface area contributed by atoms with E-state index >= 15 is 0 Å². The minimum Gasteiger partial charge on any atom is -0.466 e. The number of nitriles is 1. The summed E-state index contributed by atoms with van der Waals surface area (Å²) < 4.78 is 29.5. The van der Waals surface area contributed by atoms with Crippen LogP contribution in [-0.4, -0.2) is 46.4 Å². The molecule has 0 aliphatic carbocycles. The number of ether oxygens (including phenoxy) is 3. The van der Waals surface area contributed by atoms with Crippen molar-refractivity contribution in [1.82, 2.24) is 0 Å². The fourth-order valence-corrected chi connectivity index (χ4v) is 3.89. The normalized spacial score (nSPS) is 15.5. The number of nitrogens with two attached hydrogens (primary N) is 1. The SMILES string of the molecule is COCCNc1ccc(F)cc1N1C(N)=C(C#N)C(c2ccccc2)C(C(=O)OC)=C1C(=O)OC. The molecule has 0 bridgehead atoms. The van der Waals surface area contributed by atoms with Crippen molar-refractivity contribution in [2.45, 2.75) is 5.92 Å². The first kappa shape index (κ1) is 25.3. The van der Waals surface area contributed by atoms with E-state index in [9.17, 15) is 19.2 Å². The molecule has 1 atom stereocenters.